The maximum atomic E-state index is 12.9. The highest BCUT2D eigenvalue weighted by molar-refractivity contribution is 5.79. The summed E-state index contributed by atoms with van der Waals surface area (Å²) in [5, 5.41) is 9.79. The highest BCUT2D eigenvalue weighted by Gasteiger charge is 2.39. The Morgan fingerprint density at radius 2 is 1.71 bits per heavy atom. The number of hydrogen-bond donors (Lipinski definition) is 1. The second-order valence-corrected chi connectivity index (χ2v) is 8.08. The van der Waals surface area contributed by atoms with E-state index in [0.29, 0.717) is 19.2 Å². The summed E-state index contributed by atoms with van der Waals surface area (Å²) < 4.78 is 5.82. The molecule has 2 saturated heterocycles. The van der Waals surface area contributed by atoms with Gasteiger partial charge in [0.05, 0.1) is 12.6 Å². The molecular weight excluding hydrogens is 352 g/mol. The van der Waals surface area contributed by atoms with Gasteiger partial charge in [0, 0.05) is 25.0 Å². The first kappa shape index (κ1) is 17.7. The molecule has 0 spiro atoms. The minimum atomic E-state index is -0.299. The number of nitrogens with zero attached hydrogens (tertiary/aromatic N) is 2. The molecular formula is C23H26N2O3. The highest BCUT2D eigenvalue weighted by atomic mass is 16.6. The monoisotopic (exact) mass is 378 g/mol. The molecule has 1 amide bonds. The number of hydrogen-bond acceptors (Lipinski definition) is 4. The van der Waals surface area contributed by atoms with E-state index >= 15 is 0 Å². The molecule has 2 heterocycles. The first-order valence-electron chi connectivity index (χ1n) is 10.2. The molecule has 5 rings (SSSR count). The van der Waals surface area contributed by atoms with E-state index in [2.05, 4.69) is 41.3 Å². The van der Waals surface area contributed by atoms with Crippen molar-refractivity contribution in [2.24, 2.45) is 0 Å². The van der Waals surface area contributed by atoms with Gasteiger partial charge in [0.15, 0.2) is 0 Å². The highest BCUT2D eigenvalue weighted by Crippen LogP contribution is 2.44. The van der Waals surface area contributed by atoms with Gasteiger partial charge >= 0.3 is 6.09 Å². The van der Waals surface area contributed by atoms with Crippen LogP contribution in [0.4, 0.5) is 4.79 Å². The van der Waals surface area contributed by atoms with Gasteiger partial charge in [-0.2, -0.15) is 0 Å². The number of benzene rings is 2. The van der Waals surface area contributed by atoms with Crippen molar-refractivity contribution in [3.8, 4) is 11.1 Å². The molecule has 0 bridgehead atoms. The van der Waals surface area contributed by atoms with Crippen LogP contribution in [0.25, 0.3) is 11.1 Å². The van der Waals surface area contributed by atoms with E-state index in [-0.39, 0.29) is 24.7 Å². The minimum Gasteiger partial charge on any atom is -0.448 e. The largest absolute Gasteiger partial charge is 0.448 e. The van der Waals surface area contributed by atoms with Crippen molar-refractivity contribution in [2.45, 2.75) is 30.8 Å². The van der Waals surface area contributed by atoms with Crippen LogP contribution in [-0.2, 0) is 4.74 Å². The summed E-state index contributed by atoms with van der Waals surface area (Å²) in [6.45, 7) is 2.77. The summed E-state index contributed by atoms with van der Waals surface area (Å²) in [6, 6.07) is 16.9. The van der Waals surface area contributed by atoms with Crippen molar-refractivity contribution in [1.82, 2.24) is 9.80 Å². The Labute approximate surface area is 165 Å². The van der Waals surface area contributed by atoms with Crippen LogP contribution in [0.5, 0.6) is 0 Å². The SMILES string of the molecule is O=C(OCC1c2ccccc2-c2ccccc21)N1C[C@@H]2CCCN2C[C@@H]1CO. The number of rotatable bonds is 3. The molecule has 5 nitrogen and oxygen atoms in total. The number of ether oxygens (including phenoxy) is 1. The molecule has 3 aliphatic rings. The average molecular weight is 378 g/mol. The predicted molar refractivity (Wildman–Crippen MR) is 107 cm³/mol. The summed E-state index contributed by atoms with van der Waals surface area (Å²) in [5.74, 6) is 0.0664. The van der Waals surface area contributed by atoms with E-state index < -0.39 is 0 Å². The quantitative estimate of drug-likeness (QED) is 0.892. The fourth-order valence-corrected chi connectivity index (χ4v) is 5.14. The summed E-state index contributed by atoms with van der Waals surface area (Å²) in [7, 11) is 0. The molecule has 2 aliphatic heterocycles. The third kappa shape index (κ3) is 2.90. The first-order chi connectivity index (χ1) is 13.8. The van der Waals surface area contributed by atoms with Crippen molar-refractivity contribution in [1.29, 1.82) is 0 Å². The molecule has 2 aromatic rings. The van der Waals surface area contributed by atoms with Crippen LogP contribution in [-0.4, -0.2) is 65.9 Å². The number of carbonyl (C=O) groups excluding carboxylic acids is 1. The van der Waals surface area contributed by atoms with Crippen LogP contribution in [0.1, 0.15) is 29.9 Å². The van der Waals surface area contributed by atoms with Gasteiger partial charge in [-0.05, 0) is 41.6 Å². The molecule has 28 heavy (non-hydrogen) atoms. The lowest BCUT2D eigenvalue weighted by Gasteiger charge is -2.42. The molecule has 0 unspecified atom stereocenters. The van der Waals surface area contributed by atoms with E-state index in [4.69, 9.17) is 4.74 Å². The number of aliphatic hydroxyl groups is 1. The van der Waals surface area contributed by atoms with Gasteiger partial charge in [0.25, 0.3) is 0 Å². The number of fused-ring (bicyclic) bond motifs is 4. The van der Waals surface area contributed by atoms with E-state index in [1.165, 1.54) is 28.7 Å². The Bertz CT molecular complexity index is 838. The van der Waals surface area contributed by atoms with Crippen molar-refractivity contribution in [2.75, 3.05) is 32.8 Å². The number of carbonyl (C=O) groups is 1. The number of aliphatic hydroxyl groups excluding tert-OH is 1. The zero-order valence-corrected chi connectivity index (χ0v) is 16.0. The lowest BCUT2D eigenvalue weighted by molar-refractivity contribution is 0.0126. The fraction of sp³-hybridized carbons (Fsp3) is 0.435. The topological polar surface area (TPSA) is 53.0 Å². The Kier molecular flexibility index (Phi) is 4.57. The second-order valence-electron chi connectivity index (χ2n) is 8.08. The molecule has 1 N–H and O–H groups in total. The van der Waals surface area contributed by atoms with Crippen LogP contribution in [0.3, 0.4) is 0 Å². The minimum absolute atomic E-state index is 0.0204. The van der Waals surface area contributed by atoms with Gasteiger partial charge in [-0.1, -0.05) is 48.5 Å². The van der Waals surface area contributed by atoms with Crippen LogP contribution >= 0.6 is 0 Å². The maximum absolute atomic E-state index is 12.9. The number of amides is 1. The molecule has 2 atom stereocenters. The van der Waals surface area contributed by atoms with Gasteiger partial charge in [-0.15, -0.1) is 0 Å². The van der Waals surface area contributed by atoms with E-state index in [0.717, 1.165) is 19.5 Å². The van der Waals surface area contributed by atoms with Crippen molar-refractivity contribution < 1.29 is 14.6 Å². The van der Waals surface area contributed by atoms with Crippen LogP contribution in [0, 0.1) is 0 Å². The zero-order valence-electron chi connectivity index (χ0n) is 16.0. The van der Waals surface area contributed by atoms with Crippen LogP contribution in [0.15, 0.2) is 48.5 Å². The normalized spacial score (nSPS) is 24.0. The van der Waals surface area contributed by atoms with Crippen LogP contribution < -0.4 is 0 Å². The Morgan fingerprint density at radius 1 is 1.04 bits per heavy atom. The standard InChI is InChI=1S/C23H26N2O3/c26-14-17-12-24-11-5-6-16(24)13-25(17)23(27)28-15-22-20-9-3-1-7-18(20)19-8-2-4-10-21(19)22/h1-4,7-10,16-17,22,26H,5-6,11-15H2/t16-,17+/m0/s1. The second kappa shape index (κ2) is 7.22. The molecule has 0 aromatic heterocycles. The fourth-order valence-electron chi connectivity index (χ4n) is 5.14. The van der Waals surface area contributed by atoms with Crippen molar-refractivity contribution >= 4 is 6.09 Å². The van der Waals surface area contributed by atoms with Gasteiger partial charge in [-0.25, -0.2) is 4.79 Å². The molecule has 1 aliphatic carbocycles. The van der Waals surface area contributed by atoms with E-state index in [1.54, 1.807) is 4.90 Å². The van der Waals surface area contributed by atoms with Crippen molar-refractivity contribution in [3.63, 3.8) is 0 Å². The smallest absolute Gasteiger partial charge is 0.410 e. The van der Waals surface area contributed by atoms with E-state index in [1.807, 2.05) is 12.1 Å². The Morgan fingerprint density at radius 3 is 2.39 bits per heavy atom. The Hall–Kier alpha value is -2.37. The molecule has 5 heteroatoms. The predicted octanol–water partition coefficient (Wildman–Crippen LogP) is 3.08. The zero-order chi connectivity index (χ0) is 19.1. The molecule has 0 radical (unpaired) electrons. The summed E-state index contributed by atoms with van der Waals surface area (Å²) in [4.78, 5) is 17.1. The Balaban J connectivity index is 1.33. The molecule has 146 valence electrons. The lowest BCUT2D eigenvalue weighted by atomic mass is 9.98. The van der Waals surface area contributed by atoms with Gasteiger partial charge in [-0.3, -0.25) is 4.90 Å². The van der Waals surface area contributed by atoms with Crippen molar-refractivity contribution in [3.05, 3.63) is 59.7 Å². The first-order valence-corrected chi connectivity index (χ1v) is 10.2. The molecule has 0 saturated carbocycles. The maximum Gasteiger partial charge on any atom is 0.410 e. The van der Waals surface area contributed by atoms with Crippen LogP contribution in [0.2, 0.25) is 0 Å². The summed E-state index contributed by atoms with van der Waals surface area (Å²) >= 11 is 0. The molecule has 2 fully saturated rings. The summed E-state index contributed by atoms with van der Waals surface area (Å²) in [5.41, 5.74) is 4.89. The summed E-state index contributed by atoms with van der Waals surface area (Å²) in [6.07, 6.45) is 1.99. The lowest BCUT2D eigenvalue weighted by Crippen LogP contribution is -2.59. The average Bonchev–Trinajstić information content (AvgIpc) is 3.33. The van der Waals surface area contributed by atoms with Gasteiger partial charge in [0.2, 0.25) is 0 Å². The molecule has 2 aromatic carbocycles. The third-order valence-corrected chi connectivity index (χ3v) is 6.57. The number of piperazine rings is 1. The van der Waals surface area contributed by atoms with Gasteiger partial charge < -0.3 is 14.7 Å². The van der Waals surface area contributed by atoms with E-state index in [9.17, 15) is 9.90 Å². The third-order valence-electron chi connectivity index (χ3n) is 6.57. The van der Waals surface area contributed by atoms with Gasteiger partial charge in [0.1, 0.15) is 6.61 Å².